The molecule has 0 bridgehead atoms. The normalized spacial score (nSPS) is 10.7. The van der Waals surface area contributed by atoms with Crippen LogP contribution in [-0.2, 0) is 0 Å². The summed E-state index contributed by atoms with van der Waals surface area (Å²) in [5.74, 6) is -0.231. The largest absolute Gasteiger partial charge is 0.305 e. The van der Waals surface area contributed by atoms with Crippen molar-refractivity contribution in [2.75, 3.05) is 7.05 Å². The third kappa shape index (κ3) is 2.25. The Morgan fingerprint density at radius 1 is 1.12 bits per heavy atom. The fourth-order valence-corrected chi connectivity index (χ4v) is 1.58. The lowest BCUT2D eigenvalue weighted by Gasteiger charge is -2.15. The number of pyridine rings is 1. The first-order valence-corrected chi connectivity index (χ1v) is 5.02. The van der Waals surface area contributed by atoms with Crippen molar-refractivity contribution in [2.45, 2.75) is 0 Å². The molecule has 0 aliphatic heterocycles. The molecule has 1 radical (unpaired) electrons. The second-order valence-electron chi connectivity index (χ2n) is 3.37. The van der Waals surface area contributed by atoms with Gasteiger partial charge in [-0.15, -0.1) is 0 Å². The highest BCUT2D eigenvalue weighted by molar-refractivity contribution is 5.42. The number of hydrogen-bond donors (Lipinski definition) is 1. The van der Waals surface area contributed by atoms with Crippen molar-refractivity contribution in [1.29, 1.82) is 0 Å². The summed E-state index contributed by atoms with van der Waals surface area (Å²) in [7, 11) is 1.84. The van der Waals surface area contributed by atoms with Crippen LogP contribution < -0.4 is 5.32 Å². The molecule has 0 unspecified atom stereocenters. The molecule has 2 rings (SSSR count). The first kappa shape index (κ1) is 10.8. The second-order valence-corrected chi connectivity index (χ2v) is 3.37. The van der Waals surface area contributed by atoms with Gasteiger partial charge in [0.1, 0.15) is 5.82 Å². The van der Waals surface area contributed by atoms with E-state index in [-0.39, 0.29) is 5.82 Å². The molecular formula is C13H12FN2. The third-order valence-electron chi connectivity index (χ3n) is 2.33. The summed E-state index contributed by atoms with van der Waals surface area (Å²) < 4.78 is 12.8. The highest BCUT2D eigenvalue weighted by Gasteiger charge is 2.12. The zero-order valence-electron chi connectivity index (χ0n) is 8.94. The predicted octanol–water partition coefficient (Wildman–Crippen LogP) is 2.37. The van der Waals surface area contributed by atoms with Crippen LogP contribution in [0.4, 0.5) is 4.39 Å². The Hall–Kier alpha value is -1.74. The number of aromatic nitrogens is 1. The van der Waals surface area contributed by atoms with Crippen molar-refractivity contribution >= 4 is 0 Å². The molecule has 1 heterocycles. The van der Waals surface area contributed by atoms with Gasteiger partial charge in [0.2, 0.25) is 0 Å². The lowest BCUT2D eigenvalue weighted by Crippen LogP contribution is -2.18. The first-order chi connectivity index (χ1) is 7.81. The van der Waals surface area contributed by atoms with E-state index >= 15 is 0 Å². The predicted molar refractivity (Wildman–Crippen MR) is 61.1 cm³/mol. The highest BCUT2D eigenvalue weighted by atomic mass is 19.1. The summed E-state index contributed by atoms with van der Waals surface area (Å²) in [6.45, 7) is 0. The van der Waals surface area contributed by atoms with Crippen LogP contribution in [0, 0.1) is 11.9 Å². The number of benzene rings is 1. The van der Waals surface area contributed by atoms with Crippen molar-refractivity contribution in [2.24, 2.45) is 0 Å². The second kappa shape index (κ2) is 4.86. The first-order valence-electron chi connectivity index (χ1n) is 5.02. The average Bonchev–Trinajstić information content (AvgIpc) is 2.34. The Bertz CT molecular complexity index is 439. The molecule has 1 aromatic carbocycles. The SMILES string of the molecule is CN[C](c1ccc(F)cc1)c1cccnc1. The number of hydrogen-bond acceptors (Lipinski definition) is 2. The summed E-state index contributed by atoms with van der Waals surface area (Å²) in [5, 5.41) is 3.11. The Balaban J connectivity index is 2.33. The minimum Gasteiger partial charge on any atom is -0.305 e. The molecule has 0 amide bonds. The van der Waals surface area contributed by atoms with Gasteiger partial charge in [-0.25, -0.2) is 4.39 Å². The van der Waals surface area contributed by atoms with Crippen LogP contribution in [0.3, 0.4) is 0 Å². The molecule has 0 atom stereocenters. The van der Waals surface area contributed by atoms with Gasteiger partial charge in [-0.2, -0.15) is 0 Å². The van der Waals surface area contributed by atoms with Gasteiger partial charge in [0.15, 0.2) is 0 Å². The van der Waals surface area contributed by atoms with Crippen molar-refractivity contribution in [3.63, 3.8) is 0 Å². The maximum atomic E-state index is 12.8. The minimum atomic E-state index is -0.231. The van der Waals surface area contributed by atoms with E-state index in [1.807, 2.05) is 19.2 Å². The van der Waals surface area contributed by atoms with E-state index in [0.717, 1.165) is 17.2 Å². The third-order valence-corrected chi connectivity index (χ3v) is 2.33. The van der Waals surface area contributed by atoms with E-state index in [4.69, 9.17) is 0 Å². The smallest absolute Gasteiger partial charge is 0.123 e. The quantitative estimate of drug-likeness (QED) is 0.850. The van der Waals surface area contributed by atoms with Gasteiger partial charge in [0.25, 0.3) is 0 Å². The highest BCUT2D eigenvalue weighted by Crippen LogP contribution is 2.19. The molecule has 0 aliphatic carbocycles. The van der Waals surface area contributed by atoms with Gasteiger partial charge in [-0.1, -0.05) is 18.2 Å². The molecule has 0 fully saturated rings. The zero-order valence-corrected chi connectivity index (χ0v) is 8.94. The number of rotatable bonds is 3. The lowest BCUT2D eigenvalue weighted by atomic mass is 10.0. The van der Waals surface area contributed by atoms with E-state index in [0.29, 0.717) is 0 Å². The lowest BCUT2D eigenvalue weighted by molar-refractivity contribution is 0.627. The summed E-state index contributed by atoms with van der Waals surface area (Å²) in [4.78, 5) is 4.06. The Labute approximate surface area is 94.2 Å². The Morgan fingerprint density at radius 2 is 1.88 bits per heavy atom. The van der Waals surface area contributed by atoms with Crippen LogP contribution in [0.2, 0.25) is 0 Å². The average molecular weight is 215 g/mol. The van der Waals surface area contributed by atoms with E-state index in [9.17, 15) is 4.39 Å². The van der Waals surface area contributed by atoms with Gasteiger partial charge < -0.3 is 5.32 Å². The zero-order chi connectivity index (χ0) is 11.4. The fourth-order valence-electron chi connectivity index (χ4n) is 1.58. The molecule has 16 heavy (non-hydrogen) atoms. The van der Waals surface area contributed by atoms with Gasteiger partial charge >= 0.3 is 0 Å². The molecule has 0 spiro atoms. The van der Waals surface area contributed by atoms with Gasteiger partial charge in [-0.05, 0) is 36.4 Å². The summed E-state index contributed by atoms with van der Waals surface area (Å²) in [6, 6.07) is 11.2. The van der Waals surface area contributed by atoms with E-state index < -0.39 is 0 Å². The maximum absolute atomic E-state index is 12.8. The van der Waals surface area contributed by atoms with Crippen LogP contribution in [0.25, 0.3) is 0 Å². The number of nitrogens with zero attached hydrogens (tertiary/aromatic N) is 1. The van der Waals surface area contributed by atoms with E-state index in [1.54, 1.807) is 24.5 Å². The summed E-state index contributed by atoms with van der Waals surface area (Å²) in [6.07, 6.45) is 3.50. The monoisotopic (exact) mass is 215 g/mol. The Kier molecular flexibility index (Phi) is 3.27. The molecule has 2 aromatic rings. The molecule has 0 saturated carbocycles. The van der Waals surface area contributed by atoms with Crippen molar-refractivity contribution < 1.29 is 4.39 Å². The van der Waals surface area contributed by atoms with Crippen LogP contribution in [0.1, 0.15) is 11.1 Å². The molecule has 0 aliphatic rings. The molecule has 0 saturated heterocycles. The maximum Gasteiger partial charge on any atom is 0.123 e. The molecule has 2 nitrogen and oxygen atoms in total. The van der Waals surface area contributed by atoms with Crippen molar-refractivity contribution in [3.8, 4) is 0 Å². The minimum absolute atomic E-state index is 0.231. The van der Waals surface area contributed by atoms with Crippen molar-refractivity contribution in [3.05, 3.63) is 71.8 Å². The number of halogens is 1. The molecule has 3 heteroatoms. The Morgan fingerprint density at radius 3 is 2.44 bits per heavy atom. The fraction of sp³-hybridized carbons (Fsp3) is 0.0769. The molecule has 1 N–H and O–H groups in total. The van der Waals surface area contributed by atoms with Crippen LogP contribution >= 0.6 is 0 Å². The molecule has 1 aromatic heterocycles. The van der Waals surface area contributed by atoms with E-state index in [2.05, 4.69) is 10.3 Å². The van der Waals surface area contributed by atoms with Crippen LogP contribution in [0.5, 0.6) is 0 Å². The number of nitrogens with one attached hydrogen (secondary N) is 1. The molecular weight excluding hydrogens is 203 g/mol. The van der Waals surface area contributed by atoms with Gasteiger partial charge in [-0.3, -0.25) is 4.98 Å². The van der Waals surface area contributed by atoms with Gasteiger partial charge in [0, 0.05) is 12.4 Å². The van der Waals surface area contributed by atoms with Crippen LogP contribution in [0.15, 0.2) is 48.8 Å². The molecule has 81 valence electrons. The summed E-state index contributed by atoms with van der Waals surface area (Å²) in [5.41, 5.74) is 1.92. The van der Waals surface area contributed by atoms with Crippen LogP contribution in [-0.4, -0.2) is 12.0 Å². The van der Waals surface area contributed by atoms with Crippen molar-refractivity contribution in [1.82, 2.24) is 10.3 Å². The summed E-state index contributed by atoms with van der Waals surface area (Å²) >= 11 is 0. The standard InChI is InChI=1S/C13H12FN2/c1-15-13(11-3-2-8-16-9-11)10-4-6-12(14)7-5-10/h2-9,15H,1H3. The van der Waals surface area contributed by atoms with Gasteiger partial charge in [0.05, 0.1) is 6.04 Å². The van der Waals surface area contributed by atoms with E-state index in [1.165, 1.54) is 12.1 Å². The topological polar surface area (TPSA) is 24.9 Å².